The molecule has 1 amide bonds. The van der Waals surface area contributed by atoms with Crippen LogP contribution < -0.4 is 5.32 Å². The number of benzene rings is 3. The lowest BCUT2D eigenvalue weighted by Crippen LogP contribution is -2.45. The molecule has 0 aromatic heterocycles. The summed E-state index contributed by atoms with van der Waals surface area (Å²) in [4.78, 5) is 54.3. The van der Waals surface area contributed by atoms with Crippen LogP contribution in [0.5, 0.6) is 5.75 Å². The Balaban J connectivity index is 1.44. The molecule has 0 fully saturated rings. The number of aryl methyl sites for hydroxylation is 1. The molecule has 0 bridgehead atoms. The third kappa shape index (κ3) is 6.34. The van der Waals surface area contributed by atoms with Crippen LogP contribution in [0.2, 0.25) is 10.0 Å². The molecule has 0 spiro atoms. The second-order valence-corrected chi connectivity index (χ2v) is 9.67. The zero-order valence-electron chi connectivity index (χ0n) is 20.2. The monoisotopic (exact) mass is 568 g/mol. The van der Waals surface area contributed by atoms with Gasteiger partial charge in [0.2, 0.25) is 0 Å². The quantitative estimate of drug-likeness (QED) is 0.263. The summed E-state index contributed by atoms with van der Waals surface area (Å²) < 4.78 is 0. The molecule has 2 atom stereocenters. The molecule has 39 heavy (non-hydrogen) atoms. The van der Waals surface area contributed by atoms with Crippen LogP contribution in [-0.2, 0) is 16.0 Å². The largest absolute Gasteiger partial charge is 0.508 e. The molecular weight excluding hydrogens is 547 g/mol. The number of carbonyl (C=O) groups is 4. The number of Topliss-reactive ketones (excluding diaryl/α,β-unsaturated/α-hetero) is 2. The summed E-state index contributed by atoms with van der Waals surface area (Å²) in [5, 5.41) is 31.5. The number of aliphatic hydroxyl groups excluding tert-OH is 1. The predicted octanol–water partition coefficient (Wildman–Crippen LogP) is 4.48. The van der Waals surface area contributed by atoms with Gasteiger partial charge in [-0.1, -0.05) is 53.5 Å². The first kappa shape index (κ1) is 28.0. The number of carboxylic acids is 1. The van der Waals surface area contributed by atoms with E-state index in [-0.39, 0.29) is 44.8 Å². The molecule has 0 aliphatic carbocycles. The fourth-order valence-corrected chi connectivity index (χ4v) is 4.87. The maximum Gasteiger partial charge on any atom is 0.326 e. The van der Waals surface area contributed by atoms with Gasteiger partial charge < -0.3 is 20.6 Å². The number of halogens is 2. The molecule has 1 aliphatic heterocycles. The van der Waals surface area contributed by atoms with E-state index in [0.717, 1.165) is 5.56 Å². The number of hydrogen-bond donors (Lipinski definition) is 4. The van der Waals surface area contributed by atoms with Gasteiger partial charge in [-0.25, -0.2) is 9.79 Å². The van der Waals surface area contributed by atoms with Crippen molar-refractivity contribution in [2.75, 3.05) is 0 Å². The van der Waals surface area contributed by atoms with Gasteiger partial charge in [-0.2, -0.15) is 0 Å². The van der Waals surface area contributed by atoms with E-state index in [1.165, 1.54) is 18.2 Å². The molecule has 1 unspecified atom stereocenters. The van der Waals surface area contributed by atoms with Crippen molar-refractivity contribution < 1.29 is 34.5 Å². The van der Waals surface area contributed by atoms with E-state index in [4.69, 9.17) is 23.2 Å². The number of aromatic hydroxyl groups is 1. The van der Waals surface area contributed by atoms with Gasteiger partial charge in [0.25, 0.3) is 5.91 Å². The number of ketones is 2. The number of phenols is 1. The van der Waals surface area contributed by atoms with Crippen LogP contribution in [0.25, 0.3) is 0 Å². The van der Waals surface area contributed by atoms with Gasteiger partial charge in [-0.3, -0.25) is 14.4 Å². The zero-order valence-corrected chi connectivity index (χ0v) is 21.7. The van der Waals surface area contributed by atoms with Crippen molar-refractivity contribution >= 4 is 58.0 Å². The maximum atomic E-state index is 13.0. The van der Waals surface area contributed by atoms with E-state index in [9.17, 15) is 34.5 Å². The zero-order chi connectivity index (χ0) is 28.3. The number of carbonyl (C=O) groups excluding carboxylic acids is 3. The number of aliphatic imine (C=N–C) groups is 1. The van der Waals surface area contributed by atoms with E-state index in [0.29, 0.717) is 17.7 Å². The Morgan fingerprint density at radius 2 is 1.64 bits per heavy atom. The van der Waals surface area contributed by atoms with Crippen molar-refractivity contribution in [3.8, 4) is 5.75 Å². The van der Waals surface area contributed by atoms with Gasteiger partial charge in [-0.05, 0) is 42.3 Å². The summed E-state index contributed by atoms with van der Waals surface area (Å²) in [6, 6.07) is 13.9. The molecule has 0 radical (unpaired) electrons. The van der Waals surface area contributed by atoms with E-state index < -0.39 is 36.2 Å². The van der Waals surface area contributed by atoms with Crippen molar-refractivity contribution in [1.82, 2.24) is 5.32 Å². The summed E-state index contributed by atoms with van der Waals surface area (Å²) in [5.41, 5.74) is 1.23. The number of carboxylic acid groups (broad SMARTS) is 1. The van der Waals surface area contributed by atoms with Gasteiger partial charge in [0.15, 0.2) is 11.6 Å². The lowest BCUT2D eigenvalue weighted by Gasteiger charge is -2.16. The van der Waals surface area contributed by atoms with E-state index >= 15 is 0 Å². The number of amides is 1. The van der Waals surface area contributed by atoms with Crippen molar-refractivity contribution in [3.63, 3.8) is 0 Å². The highest BCUT2D eigenvalue weighted by Crippen LogP contribution is 2.34. The normalized spacial score (nSPS) is 14.7. The average molecular weight is 569 g/mol. The number of para-hydroxylation sites is 1. The van der Waals surface area contributed by atoms with Crippen molar-refractivity contribution in [3.05, 3.63) is 93.0 Å². The lowest BCUT2D eigenvalue weighted by molar-refractivity contribution is -0.141. The summed E-state index contributed by atoms with van der Waals surface area (Å²) >= 11 is 12.6. The SMILES string of the molecule is O=C(N[C@@H](CC(=O)c1c(Cl)cc(C(=O)CCc2cccc(O)c2)cc1Cl)C(=O)O)C1=Nc2ccccc2C1O. The minimum atomic E-state index is -1.67. The third-order valence-electron chi connectivity index (χ3n) is 6.15. The Hall–Kier alpha value is -4.05. The Kier molecular flexibility index (Phi) is 8.44. The summed E-state index contributed by atoms with van der Waals surface area (Å²) in [6.07, 6.45) is -1.58. The third-order valence-corrected chi connectivity index (χ3v) is 6.75. The maximum absolute atomic E-state index is 13.0. The second-order valence-electron chi connectivity index (χ2n) is 8.86. The van der Waals surface area contributed by atoms with Crippen molar-refractivity contribution in [2.45, 2.75) is 31.4 Å². The topological polar surface area (TPSA) is 153 Å². The van der Waals surface area contributed by atoms with E-state index in [1.807, 2.05) is 0 Å². The second kappa shape index (κ2) is 11.8. The molecule has 4 N–H and O–H groups in total. The average Bonchev–Trinajstić information content (AvgIpc) is 3.23. The molecule has 3 aromatic rings. The summed E-state index contributed by atoms with van der Waals surface area (Å²) in [5.74, 6) is -3.42. The van der Waals surface area contributed by atoms with E-state index in [2.05, 4.69) is 10.3 Å². The first-order valence-corrected chi connectivity index (χ1v) is 12.5. The van der Waals surface area contributed by atoms with Gasteiger partial charge >= 0.3 is 5.97 Å². The number of rotatable bonds is 10. The van der Waals surface area contributed by atoms with Crippen molar-refractivity contribution in [1.29, 1.82) is 0 Å². The number of phenolic OH excluding ortho intramolecular Hbond substituents is 1. The molecule has 9 nitrogen and oxygen atoms in total. The summed E-state index contributed by atoms with van der Waals surface area (Å²) in [7, 11) is 0. The van der Waals surface area contributed by atoms with Crippen LogP contribution in [0.15, 0.2) is 65.7 Å². The number of fused-ring (bicyclic) bond motifs is 1. The highest BCUT2D eigenvalue weighted by molar-refractivity contribution is 6.43. The standard InChI is InChI=1S/C28H22Cl2N2O7/c29-18-11-15(22(34)9-8-14-4-3-5-16(33)10-14)12-19(30)24(18)23(35)13-21(28(38)39)32-27(37)25-26(36)17-6-1-2-7-20(17)31-25/h1-7,10-12,21,26,33,36H,8-9,13H2,(H,32,37)(H,38,39)/t21-,26?/m0/s1. The van der Waals surface area contributed by atoms with E-state index in [1.54, 1.807) is 42.5 Å². The van der Waals surface area contributed by atoms with Crippen LogP contribution in [0, 0.1) is 0 Å². The molecule has 0 saturated heterocycles. The molecule has 4 rings (SSSR count). The first-order valence-electron chi connectivity index (χ1n) is 11.8. The van der Waals surface area contributed by atoms with Crippen LogP contribution in [0.4, 0.5) is 5.69 Å². The van der Waals surface area contributed by atoms with Crippen LogP contribution in [-0.4, -0.2) is 50.5 Å². The fourth-order valence-electron chi connectivity index (χ4n) is 4.17. The molecule has 0 saturated carbocycles. The minimum absolute atomic E-state index is 0.0854. The molecule has 1 heterocycles. The molecular formula is C28H22Cl2N2O7. The molecule has 3 aromatic carbocycles. The smallest absolute Gasteiger partial charge is 0.326 e. The highest BCUT2D eigenvalue weighted by atomic mass is 35.5. The lowest BCUT2D eigenvalue weighted by atomic mass is 9.98. The van der Waals surface area contributed by atoms with Gasteiger partial charge in [0, 0.05) is 24.0 Å². The Bertz CT molecular complexity index is 1500. The molecule has 11 heteroatoms. The van der Waals surface area contributed by atoms with Gasteiger partial charge in [0.05, 0.1) is 21.3 Å². The Morgan fingerprint density at radius 3 is 2.28 bits per heavy atom. The molecule has 200 valence electrons. The van der Waals surface area contributed by atoms with Crippen LogP contribution in [0.1, 0.15) is 50.8 Å². The summed E-state index contributed by atoms with van der Waals surface area (Å²) in [6.45, 7) is 0. The number of aliphatic carboxylic acids is 1. The number of nitrogens with one attached hydrogen (secondary N) is 1. The number of nitrogens with zero attached hydrogens (tertiary/aromatic N) is 1. The van der Waals surface area contributed by atoms with Gasteiger partial charge in [-0.15, -0.1) is 0 Å². The van der Waals surface area contributed by atoms with Crippen LogP contribution >= 0.6 is 23.2 Å². The number of hydrogen-bond acceptors (Lipinski definition) is 7. The first-order chi connectivity index (χ1) is 18.5. The van der Waals surface area contributed by atoms with Gasteiger partial charge in [0.1, 0.15) is 23.6 Å². The Labute approximate surface area is 232 Å². The predicted molar refractivity (Wildman–Crippen MR) is 144 cm³/mol. The minimum Gasteiger partial charge on any atom is -0.508 e. The van der Waals surface area contributed by atoms with Crippen LogP contribution in [0.3, 0.4) is 0 Å². The Morgan fingerprint density at radius 1 is 0.949 bits per heavy atom. The fraction of sp³-hybridized carbons (Fsp3) is 0.179. The number of aliphatic hydroxyl groups is 1. The van der Waals surface area contributed by atoms with Crippen molar-refractivity contribution in [2.24, 2.45) is 4.99 Å². The molecule has 1 aliphatic rings. The highest BCUT2D eigenvalue weighted by Gasteiger charge is 2.33.